The molecule has 1 amide bonds. The van der Waals surface area contributed by atoms with Gasteiger partial charge in [-0.05, 0) is 12.1 Å². The summed E-state index contributed by atoms with van der Waals surface area (Å²) in [5, 5.41) is 14.7. The minimum absolute atomic E-state index is 0.189. The van der Waals surface area contributed by atoms with Gasteiger partial charge in [0.1, 0.15) is 11.9 Å². The molecule has 1 saturated heterocycles. The first kappa shape index (κ1) is 14.4. The van der Waals surface area contributed by atoms with E-state index in [9.17, 15) is 9.18 Å². The van der Waals surface area contributed by atoms with Crippen molar-refractivity contribution in [1.29, 1.82) is 5.26 Å². The zero-order chi connectivity index (χ0) is 14.4. The van der Waals surface area contributed by atoms with Crippen molar-refractivity contribution in [3.05, 3.63) is 30.1 Å². The molecule has 0 radical (unpaired) electrons. The average molecular weight is 276 g/mol. The standard InChI is InChI=1S/C14H17FN4O/c15-12-3-1-2-4-13(12)18-14(20)5-7-19-8-6-17-10-11(19)9-16/h1-4,11,17H,5-8,10H2,(H,18,20). The Labute approximate surface area is 117 Å². The first-order chi connectivity index (χ1) is 9.70. The molecule has 5 nitrogen and oxygen atoms in total. The third-order valence-electron chi connectivity index (χ3n) is 3.28. The van der Waals surface area contributed by atoms with Gasteiger partial charge in [0.2, 0.25) is 5.91 Å². The van der Waals surface area contributed by atoms with Crippen LogP contribution >= 0.6 is 0 Å². The second kappa shape index (κ2) is 6.98. The Hall–Kier alpha value is -1.97. The highest BCUT2D eigenvalue weighted by Gasteiger charge is 2.21. The van der Waals surface area contributed by atoms with Crippen LogP contribution in [0.1, 0.15) is 6.42 Å². The first-order valence-corrected chi connectivity index (χ1v) is 6.59. The van der Waals surface area contributed by atoms with E-state index in [1.165, 1.54) is 12.1 Å². The van der Waals surface area contributed by atoms with Crippen molar-refractivity contribution in [2.24, 2.45) is 0 Å². The van der Waals surface area contributed by atoms with E-state index in [0.29, 0.717) is 13.1 Å². The zero-order valence-corrected chi connectivity index (χ0v) is 11.1. The molecule has 2 rings (SSSR count). The van der Waals surface area contributed by atoms with E-state index in [-0.39, 0.29) is 24.1 Å². The summed E-state index contributed by atoms with van der Waals surface area (Å²) in [4.78, 5) is 13.8. The van der Waals surface area contributed by atoms with Crippen molar-refractivity contribution in [3.8, 4) is 6.07 Å². The summed E-state index contributed by atoms with van der Waals surface area (Å²) in [6.07, 6.45) is 0.243. The molecule has 1 unspecified atom stereocenters. The maximum Gasteiger partial charge on any atom is 0.225 e. The molecule has 1 heterocycles. The number of nitrogens with zero attached hydrogens (tertiary/aromatic N) is 2. The van der Waals surface area contributed by atoms with Crippen molar-refractivity contribution in [2.75, 3.05) is 31.5 Å². The Morgan fingerprint density at radius 1 is 1.55 bits per heavy atom. The lowest BCUT2D eigenvalue weighted by molar-refractivity contribution is -0.116. The Morgan fingerprint density at radius 2 is 2.35 bits per heavy atom. The second-order valence-electron chi connectivity index (χ2n) is 4.66. The van der Waals surface area contributed by atoms with Crippen molar-refractivity contribution < 1.29 is 9.18 Å². The van der Waals surface area contributed by atoms with Gasteiger partial charge in [0, 0.05) is 32.6 Å². The molecule has 0 aliphatic carbocycles. The van der Waals surface area contributed by atoms with Gasteiger partial charge in [-0.15, -0.1) is 0 Å². The summed E-state index contributed by atoms with van der Waals surface area (Å²) in [7, 11) is 0. The molecular weight excluding hydrogens is 259 g/mol. The highest BCUT2D eigenvalue weighted by molar-refractivity contribution is 5.90. The number of halogens is 1. The van der Waals surface area contributed by atoms with E-state index in [1.807, 2.05) is 4.90 Å². The first-order valence-electron chi connectivity index (χ1n) is 6.59. The van der Waals surface area contributed by atoms with Crippen LogP contribution < -0.4 is 10.6 Å². The van der Waals surface area contributed by atoms with Gasteiger partial charge in [-0.25, -0.2) is 4.39 Å². The number of carbonyl (C=O) groups excluding carboxylic acids is 1. The maximum atomic E-state index is 13.4. The van der Waals surface area contributed by atoms with E-state index in [4.69, 9.17) is 5.26 Å². The number of carbonyl (C=O) groups is 1. The van der Waals surface area contributed by atoms with Crippen molar-refractivity contribution >= 4 is 11.6 Å². The molecule has 1 aromatic carbocycles. The molecule has 1 aromatic rings. The normalized spacial score (nSPS) is 19.3. The Morgan fingerprint density at radius 3 is 3.10 bits per heavy atom. The van der Waals surface area contributed by atoms with Crippen LogP contribution in [0.5, 0.6) is 0 Å². The van der Waals surface area contributed by atoms with Crippen LogP contribution in [0, 0.1) is 17.1 Å². The van der Waals surface area contributed by atoms with Crippen LogP contribution in [0.15, 0.2) is 24.3 Å². The molecular formula is C14H17FN4O. The molecule has 2 N–H and O–H groups in total. The number of nitrogens with one attached hydrogen (secondary N) is 2. The lowest BCUT2D eigenvalue weighted by Crippen LogP contribution is -2.51. The number of hydrogen-bond acceptors (Lipinski definition) is 4. The van der Waals surface area contributed by atoms with Crippen LogP contribution in [0.3, 0.4) is 0 Å². The zero-order valence-electron chi connectivity index (χ0n) is 11.1. The quantitative estimate of drug-likeness (QED) is 0.859. The lowest BCUT2D eigenvalue weighted by atomic mass is 10.2. The van der Waals surface area contributed by atoms with Crippen LogP contribution in [-0.4, -0.2) is 43.0 Å². The Balaban J connectivity index is 1.83. The fourth-order valence-corrected chi connectivity index (χ4v) is 2.16. The van der Waals surface area contributed by atoms with Gasteiger partial charge in [-0.1, -0.05) is 12.1 Å². The largest absolute Gasteiger partial charge is 0.324 e. The highest BCUT2D eigenvalue weighted by Crippen LogP contribution is 2.13. The van der Waals surface area contributed by atoms with Gasteiger partial charge in [0.15, 0.2) is 0 Å². The summed E-state index contributed by atoms with van der Waals surface area (Å²) in [5.41, 5.74) is 0.189. The Kier molecular flexibility index (Phi) is 5.04. The number of piperazine rings is 1. The molecule has 20 heavy (non-hydrogen) atoms. The summed E-state index contributed by atoms with van der Waals surface area (Å²) in [5.74, 6) is -0.691. The predicted molar refractivity (Wildman–Crippen MR) is 73.5 cm³/mol. The van der Waals surface area contributed by atoms with Crippen LogP contribution in [0.4, 0.5) is 10.1 Å². The molecule has 1 aliphatic heterocycles. The van der Waals surface area contributed by atoms with Crippen molar-refractivity contribution in [2.45, 2.75) is 12.5 Å². The molecule has 1 atom stereocenters. The van der Waals surface area contributed by atoms with E-state index in [0.717, 1.165) is 13.1 Å². The number of hydrogen-bond donors (Lipinski definition) is 2. The molecule has 106 valence electrons. The number of amides is 1. The molecule has 0 aromatic heterocycles. The highest BCUT2D eigenvalue weighted by atomic mass is 19.1. The minimum atomic E-state index is -0.446. The molecule has 0 saturated carbocycles. The van der Waals surface area contributed by atoms with Crippen LogP contribution in [0.2, 0.25) is 0 Å². The maximum absolute atomic E-state index is 13.4. The molecule has 6 heteroatoms. The van der Waals surface area contributed by atoms with E-state index >= 15 is 0 Å². The summed E-state index contributed by atoms with van der Waals surface area (Å²) < 4.78 is 13.4. The predicted octanol–water partition coefficient (Wildman–Crippen LogP) is 0.952. The lowest BCUT2D eigenvalue weighted by Gasteiger charge is -2.31. The monoisotopic (exact) mass is 276 g/mol. The molecule has 1 fully saturated rings. The van der Waals surface area contributed by atoms with Gasteiger partial charge in [0.25, 0.3) is 0 Å². The van der Waals surface area contributed by atoms with Gasteiger partial charge in [0.05, 0.1) is 11.8 Å². The van der Waals surface area contributed by atoms with Crippen molar-refractivity contribution in [3.63, 3.8) is 0 Å². The average Bonchev–Trinajstić information content (AvgIpc) is 2.48. The second-order valence-corrected chi connectivity index (χ2v) is 4.66. The number of anilines is 1. The number of para-hydroxylation sites is 1. The van der Waals surface area contributed by atoms with E-state index in [1.54, 1.807) is 12.1 Å². The summed E-state index contributed by atoms with van der Waals surface area (Å²) in [6.45, 7) is 2.67. The van der Waals surface area contributed by atoms with Crippen molar-refractivity contribution in [1.82, 2.24) is 10.2 Å². The van der Waals surface area contributed by atoms with E-state index < -0.39 is 5.82 Å². The molecule has 1 aliphatic rings. The number of benzene rings is 1. The number of rotatable bonds is 4. The SMILES string of the molecule is N#CC1CNCCN1CCC(=O)Nc1ccccc1F. The van der Waals surface area contributed by atoms with Gasteiger partial charge in [-0.2, -0.15) is 5.26 Å². The van der Waals surface area contributed by atoms with E-state index in [2.05, 4.69) is 16.7 Å². The summed E-state index contributed by atoms with van der Waals surface area (Å²) >= 11 is 0. The fourth-order valence-electron chi connectivity index (χ4n) is 2.16. The van der Waals surface area contributed by atoms with Gasteiger partial charge in [-0.3, -0.25) is 9.69 Å². The van der Waals surface area contributed by atoms with Crippen LogP contribution in [-0.2, 0) is 4.79 Å². The Bertz CT molecular complexity index is 514. The van der Waals surface area contributed by atoms with Gasteiger partial charge < -0.3 is 10.6 Å². The topological polar surface area (TPSA) is 68.2 Å². The summed E-state index contributed by atoms with van der Waals surface area (Å²) in [6, 6.07) is 8.07. The fraction of sp³-hybridized carbons (Fsp3) is 0.429. The third kappa shape index (κ3) is 3.76. The molecule has 0 bridgehead atoms. The third-order valence-corrected chi connectivity index (χ3v) is 3.28. The molecule has 0 spiro atoms. The van der Waals surface area contributed by atoms with Gasteiger partial charge >= 0.3 is 0 Å². The van der Waals surface area contributed by atoms with Crippen LogP contribution in [0.25, 0.3) is 0 Å². The number of nitriles is 1. The minimum Gasteiger partial charge on any atom is -0.324 e. The smallest absolute Gasteiger partial charge is 0.225 e.